The molecule has 1 atom stereocenters. The molecule has 156 valence electrons. The van der Waals surface area contributed by atoms with Crippen LogP contribution in [0.4, 0.5) is 4.39 Å². The lowest BCUT2D eigenvalue weighted by atomic mass is 9.83. The monoisotopic (exact) mass is 408 g/mol. The van der Waals surface area contributed by atoms with Crippen LogP contribution in [0.15, 0.2) is 34.9 Å². The fourth-order valence-electron chi connectivity index (χ4n) is 4.68. The number of carbonyl (C=O) groups is 1. The normalized spacial score (nSPS) is 19.7. The van der Waals surface area contributed by atoms with Gasteiger partial charge in [-0.05, 0) is 56.2 Å². The molecule has 2 aromatic heterocycles. The van der Waals surface area contributed by atoms with Crippen molar-refractivity contribution in [1.29, 1.82) is 0 Å². The second kappa shape index (κ2) is 7.70. The summed E-state index contributed by atoms with van der Waals surface area (Å²) in [5.41, 5.74) is 3.64. The maximum Gasteiger partial charge on any atom is 0.271 e. The molecule has 1 fully saturated rings. The number of benzene rings is 1. The van der Waals surface area contributed by atoms with Gasteiger partial charge >= 0.3 is 0 Å². The number of hydrogen-bond donors (Lipinski definition) is 1. The molecule has 7 heteroatoms. The first-order valence-electron chi connectivity index (χ1n) is 10.7. The molecule has 30 heavy (non-hydrogen) atoms. The van der Waals surface area contributed by atoms with Crippen LogP contribution in [-0.2, 0) is 12.8 Å². The number of halogens is 1. The van der Waals surface area contributed by atoms with E-state index in [-0.39, 0.29) is 11.7 Å². The second-order valence-electron chi connectivity index (χ2n) is 8.53. The number of H-pyrrole nitrogens is 1. The van der Waals surface area contributed by atoms with Gasteiger partial charge in [0, 0.05) is 30.1 Å². The third-order valence-electron chi connectivity index (χ3n) is 6.44. The molecule has 1 aromatic carbocycles. The number of aromatic amines is 1. The number of nitrogens with zero attached hydrogens (tertiary/aromatic N) is 3. The van der Waals surface area contributed by atoms with E-state index >= 15 is 0 Å². The Morgan fingerprint density at radius 3 is 2.83 bits per heavy atom. The zero-order chi connectivity index (χ0) is 20.7. The number of hydrogen-bond acceptors (Lipinski definition) is 4. The van der Waals surface area contributed by atoms with Gasteiger partial charge in [-0.2, -0.15) is 5.10 Å². The van der Waals surface area contributed by atoms with E-state index < -0.39 is 0 Å². The molecule has 1 aliphatic heterocycles. The predicted octanol–water partition coefficient (Wildman–Crippen LogP) is 4.35. The maximum absolute atomic E-state index is 14.0. The lowest BCUT2D eigenvalue weighted by Crippen LogP contribution is -2.38. The third-order valence-corrected chi connectivity index (χ3v) is 6.44. The summed E-state index contributed by atoms with van der Waals surface area (Å²) in [6.07, 6.45) is 4.93. The van der Waals surface area contributed by atoms with Crippen molar-refractivity contribution in [2.45, 2.75) is 44.9 Å². The Kier molecular flexibility index (Phi) is 4.89. The molecule has 3 aromatic rings. The van der Waals surface area contributed by atoms with Crippen LogP contribution in [0.25, 0.3) is 11.3 Å². The van der Waals surface area contributed by atoms with E-state index in [2.05, 4.69) is 22.3 Å². The minimum absolute atomic E-state index is 0.100. The number of nitrogens with one attached hydrogen (secondary N) is 1. The van der Waals surface area contributed by atoms with Gasteiger partial charge in [-0.3, -0.25) is 9.89 Å². The molecule has 5 rings (SSSR count). The Bertz CT molecular complexity index is 1060. The van der Waals surface area contributed by atoms with Gasteiger partial charge in [-0.25, -0.2) is 4.39 Å². The number of aryl methyl sites for hydroxylation is 1. The van der Waals surface area contributed by atoms with Crippen molar-refractivity contribution in [3.05, 3.63) is 58.9 Å². The Balaban J connectivity index is 1.26. The van der Waals surface area contributed by atoms with E-state index in [1.54, 1.807) is 24.3 Å². The molecule has 2 aliphatic rings. The Morgan fingerprint density at radius 1 is 1.23 bits per heavy atom. The summed E-state index contributed by atoms with van der Waals surface area (Å²) in [6.45, 7) is 3.59. The summed E-state index contributed by atoms with van der Waals surface area (Å²) in [5, 5.41) is 11.2. The first-order chi connectivity index (χ1) is 14.6. The van der Waals surface area contributed by atoms with Crippen molar-refractivity contribution in [3.8, 4) is 11.3 Å². The van der Waals surface area contributed by atoms with Gasteiger partial charge in [0.15, 0.2) is 0 Å². The van der Waals surface area contributed by atoms with Crippen LogP contribution in [0.5, 0.6) is 0 Å². The topological polar surface area (TPSA) is 75.0 Å². The molecule has 1 aliphatic carbocycles. The highest BCUT2D eigenvalue weighted by Gasteiger charge is 2.32. The summed E-state index contributed by atoms with van der Waals surface area (Å²) in [5.74, 6) is 1.56. The minimum Gasteiger partial charge on any atom is -0.361 e. The molecule has 6 nitrogen and oxygen atoms in total. The first kappa shape index (κ1) is 19.0. The van der Waals surface area contributed by atoms with E-state index in [1.807, 2.05) is 4.90 Å². The Labute approximate surface area is 174 Å². The molecule has 0 unspecified atom stereocenters. The molecule has 0 radical (unpaired) electrons. The Hall–Kier alpha value is -2.96. The van der Waals surface area contributed by atoms with Crippen LogP contribution in [0.3, 0.4) is 0 Å². The summed E-state index contributed by atoms with van der Waals surface area (Å²) in [4.78, 5) is 14.8. The smallest absolute Gasteiger partial charge is 0.271 e. The van der Waals surface area contributed by atoms with Crippen molar-refractivity contribution in [2.75, 3.05) is 13.1 Å². The number of carbonyl (C=O) groups excluding carboxylic acids is 1. The maximum atomic E-state index is 14.0. The van der Waals surface area contributed by atoms with Crippen molar-refractivity contribution < 1.29 is 13.7 Å². The van der Waals surface area contributed by atoms with Gasteiger partial charge in [-0.1, -0.05) is 24.2 Å². The van der Waals surface area contributed by atoms with E-state index in [0.29, 0.717) is 41.9 Å². The number of fused-ring (bicyclic) bond motifs is 1. The molecular weight excluding hydrogens is 383 g/mol. The largest absolute Gasteiger partial charge is 0.361 e. The van der Waals surface area contributed by atoms with Gasteiger partial charge < -0.3 is 9.42 Å². The zero-order valence-electron chi connectivity index (χ0n) is 17.0. The molecule has 1 N–H and O–H groups in total. The van der Waals surface area contributed by atoms with E-state index in [9.17, 15) is 9.18 Å². The summed E-state index contributed by atoms with van der Waals surface area (Å²) >= 11 is 0. The SMILES string of the molecule is C[C@H]1CCc2noc(C3CCN(C(=O)c4cc(-c5ccccc5F)n[nH]4)CC3)c2C1. The zero-order valence-corrected chi connectivity index (χ0v) is 17.0. The number of rotatable bonds is 3. The fraction of sp³-hybridized carbons (Fsp3) is 0.435. The number of likely N-dealkylation sites (tertiary alicyclic amines) is 1. The van der Waals surface area contributed by atoms with Gasteiger partial charge in [0.2, 0.25) is 0 Å². The van der Waals surface area contributed by atoms with Gasteiger partial charge in [0.1, 0.15) is 17.3 Å². The summed E-state index contributed by atoms with van der Waals surface area (Å²) in [6, 6.07) is 8.06. The van der Waals surface area contributed by atoms with E-state index in [4.69, 9.17) is 4.52 Å². The van der Waals surface area contributed by atoms with Crippen LogP contribution in [0.1, 0.15) is 59.6 Å². The van der Waals surface area contributed by atoms with Crippen LogP contribution in [0, 0.1) is 11.7 Å². The lowest BCUT2D eigenvalue weighted by molar-refractivity contribution is 0.0700. The van der Waals surface area contributed by atoms with E-state index in [0.717, 1.165) is 37.1 Å². The average molecular weight is 408 g/mol. The van der Waals surface area contributed by atoms with Crippen LogP contribution >= 0.6 is 0 Å². The lowest BCUT2D eigenvalue weighted by Gasteiger charge is -2.31. The molecule has 0 spiro atoms. The van der Waals surface area contributed by atoms with Crippen LogP contribution < -0.4 is 0 Å². The molecule has 1 amide bonds. The first-order valence-corrected chi connectivity index (χ1v) is 10.7. The van der Waals surface area contributed by atoms with Gasteiger partial charge in [-0.15, -0.1) is 0 Å². The second-order valence-corrected chi connectivity index (χ2v) is 8.53. The summed E-state index contributed by atoms with van der Waals surface area (Å²) < 4.78 is 19.7. The standard InChI is InChI=1S/C23H25FN4O2/c1-14-6-7-19-17(12-14)22(30-27-19)15-8-10-28(11-9-15)23(29)21-13-20(25-26-21)16-4-2-3-5-18(16)24/h2-5,13-15H,6-12H2,1H3,(H,25,26)/t14-/m0/s1. The molecule has 3 heterocycles. The summed E-state index contributed by atoms with van der Waals surface area (Å²) in [7, 11) is 0. The predicted molar refractivity (Wildman–Crippen MR) is 110 cm³/mol. The van der Waals surface area contributed by atoms with Crippen molar-refractivity contribution in [1.82, 2.24) is 20.3 Å². The molecule has 1 saturated heterocycles. The number of piperidine rings is 1. The quantitative estimate of drug-likeness (QED) is 0.699. The number of amides is 1. The van der Waals surface area contributed by atoms with Gasteiger partial charge in [0.05, 0.1) is 11.4 Å². The molecular formula is C23H25FN4O2. The molecule has 0 saturated carbocycles. The van der Waals surface area contributed by atoms with E-state index in [1.165, 1.54) is 18.1 Å². The highest BCUT2D eigenvalue weighted by atomic mass is 19.1. The van der Waals surface area contributed by atoms with Crippen molar-refractivity contribution in [2.24, 2.45) is 5.92 Å². The van der Waals surface area contributed by atoms with Crippen molar-refractivity contribution in [3.63, 3.8) is 0 Å². The highest BCUT2D eigenvalue weighted by molar-refractivity contribution is 5.93. The minimum atomic E-state index is -0.353. The van der Waals surface area contributed by atoms with Crippen molar-refractivity contribution >= 4 is 5.91 Å². The van der Waals surface area contributed by atoms with Crippen LogP contribution in [-0.4, -0.2) is 39.3 Å². The van der Waals surface area contributed by atoms with Gasteiger partial charge in [0.25, 0.3) is 5.91 Å². The third kappa shape index (κ3) is 3.42. The van der Waals surface area contributed by atoms with Crippen LogP contribution in [0.2, 0.25) is 0 Å². The molecule has 0 bridgehead atoms. The highest BCUT2D eigenvalue weighted by Crippen LogP contribution is 2.36. The average Bonchev–Trinajstić information content (AvgIpc) is 3.41. The Morgan fingerprint density at radius 2 is 2.03 bits per heavy atom. The number of aromatic nitrogens is 3. The fourth-order valence-corrected chi connectivity index (χ4v) is 4.68.